The fourth-order valence-corrected chi connectivity index (χ4v) is 3.95. The van der Waals surface area contributed by atoms with Gasteiger partial charge in [-0.15, -0.1) is 22.7 Å². The van der Waals surface area contributed by atoms with Gasteiger partial charge >= 0.3 is 0 Å². The first-order valence-corrected chi connectivity index (χ1v) is 9.90. The van der Waals surface area contributed by atoms with Crippen LogP contribution in [0.3, 0.4) is 0 Å². The molecule has 0 fully saturated rings. The summed E-state index contributed by atoms with van der Waals surface area (Å²) in [5, 5.41) is 15.1. The zero-order valence-corrected chi connectivity index (χ0v) is 17.1. The molecule has 0 saturated carbocycles. The molecule has 148 valence electrons. The number of nitrogens with zero attached hydrogens (tertiary/aromatic N) is 3. The van der Waals surface area contributed by atoms with E-state index in [0.717, 1.165) is 6.20 Å². The third-order valence-electron chi connectivity index (χ3n) is 3.37. The Morgan fingerprint density at radius 3 is 2.93 bits per heavy atom. The lowest BCUT2D eigenvalue weighted by Gasteiger charge is -2.02. The molecular formula is C16H17ClFN7OS2. The molecule has 0 aliphatic rings. The molecule has 12 heteroatoms. The number of carbonyl (C=O) groups excluding carboxylic acids is 1. The van der Waals surface area contributed by atoms with Gasteiger partial charge in [0.15, 0.2) is 5.83 Å². The number of carbonyl (C=O) groups is 1. The number of amides is 1. The highest BCUT2D eigenvalue weighted by Gasteiger charge is 2.16. The third kappa shape index (κ3) is 5.68. The van der Waals surface area contributed by atoms with Crippen molar-refractivity contribution in [3.63, 3.8) is 0 Å². The van der Waals surface area contributed by atoms with Gasteiger partial charge in [0.2, 0.25) is 6.41 Å². The highest BCUT2D eigenvalue weighted by atomic mass is 35.5. The summed E-state index contributed by atoms with van der Waals surface area (Å²) >= 11 is 8.70. The summed E-state index contributed by atoms with van der Waals surface area (Å²) in [6, 6.07) is 0. The zero-order chi connectivity index (χ0) is 20.5. The largest absolute Gasteiger partial charge is 0.402 e. The van der Waals surface area contributed by atoms with Crippen molar-refractivity contribution in [2.75, 3.05) is 12.4 Å². The first-order valence-electron chi connectivity index (χ1n) is 7.83. The van der Waals surface area contributed by atoms with E-state index in [4.69, 9.17) is 22.7 Å². The lowest BCUT2D eigenvalue weighted by atomic mass is 10.2. The minimum absolute atomic E-state index is 0.00615. The first kappa shape index (κ1) is 21.7. The van der Waals surface area contributed by atoms with Crippen LogP contribution in [0.15, 0.2) is 28.7 Å². The summed E-state index contributed by atoms with van der Waals surface area (Å²) in [4.78, 5) is 19.8. The molecule has 2 aromatic heterocycles. The highest BCUT2D eigenvalue weighted by molar-refractivity contribution is 7.14. The quantitative estimate of drug-likeness (QED) is 0.256. The van der Waals surface area contributed by atoms with E-state index < -0.39 is 5.83 Å². The second-order valence-electron chi connectivity index (χ2n) is 5.15. The van der Waals surface area contributed by atoms with E-state index in [1.165, 1.54) is 28.9 Å². The number of nitrogens with one attached hydrogen (secondary N) is 3. The molecule has 0 bridgehead atoms. The van der Waals surface area contributed by atoms with E-state index >= 15 is 0 Å². The Hall–Kier alpha value is -2.63. The van der Waals surface area contributed by atoms with Crippen LogP contribution in [0, 0.1) is 5.41 Å². The molecule has 0 aromatic carbocycles. The van der Waals surface area contributed by atoms with Crippen molar-refractivity contribution >= 4 is 64.0 Å². The molecule has 5 N–H and O–H groups in total. The average molecular weight is 442 g/mol. The van der Waals surface area contributed by atoms with E-state index in [-0.39, 0.29) is 12.1 Å². The highest BCUT2D eigenvalue weighted by Crippen LogP contribution is 2.31. The van der Waals surface area contributed by atoms with Gasteiger partial charge in [-0.3, -0.25) is 4.79 Å². The SMILES string of the molecule is CNc1nc(CC(=N)/C(F)=C\N)sc1C(/C=N\NC=O)=C/Cc1ncsc1Cl. The maximum atomic E-state index is 13.5. The molecule has 2 heterocycles. The third-order valence-corrected chi connectivity index (χ3v) is 5.61. The molecule has 8 nitrogen and oxygen atoms in total. The van der Waals surface area contributed by atoms with Gasteiger partial charge in [-0.25, -0.2) is 19.8 Å². The Morgan fingerprint density at radius 2 is 2.32 bits per heavy atom. The van der Waals surface area contributed by atoms with Gasteiger partial charge in [0.1, 0.15) is 15.2 Å². The zero-order valence-electron chi connectivity index (χ0n) is 14.7. The molecular weight excluding hydrogens is 425 g/mol. The minimum atomic E-state index is -0.798. The van der Waals surface area contributed by atoms with Crippen LogP contribution in [0.4, 0.5) is 10.2 Å². The standard InChI is InChI=1S/C16H17ClFN7OS2/c1-21-16-14(28-13(25-16)4-11(20)10(18)5-19)9(6-23-24-7-26)2-3-12-15(17)27-8-22-12/h2,5-8,20-21H,3-4,19H2,1H3,(H,24,26)/b9-2+,10-5+,20-11?,23-6-. The number of hydrogen-bond donors (Lipinski definition) is 4. The van der Waals surface area contributed by atoms with Crippen LogP contribution in [0.2, 0.25) is 4.34 Å². The molecule has 0 radical (unpaired) electrons. The number of hydrogen-bond acceptors (Lipinski definition) is 9. The number of anilines is 1. The van der Waals surface area contributed by atoms with E-state index in [0.29, 0.717) is 44.1 Å². The van der Waals surface area contributed by atoms with Gasteiger partial charge in [0, 0.05) is 31.7 Å². The smallest absolute Gasteiger partial charge is 0.227 e. The van der Waals surface area contributed by atoms with Gasteiger partial charge in [0.05, 0.1) is 28.0 Å². The van der Waals surface area contributed by atoms with Crippen molar-refractivity contribution < 1.29 is 9.18 Å². The molecule has 2 aromatic rings. The number of nitrogens with two attached hydrogens (primary N) is 1. The number of aromatic nitrogens is 2. The summed E-state index contributed by atoms with van der Waals surface area (Å²) in [6.45, 7) is 0. The lowest BCUT2D eigenvalue weighted by Crippen LogP contribution is -2.03. The van der Waals surface area contributed by atoms with Crippen LogP contribution in [0.25, 0.3) is 5.57 Å². The fraction of sp³-hybridized carbons (Fsp3) is 0.188. The summed E-state index contributed by atoms with van der Waals surface area (Å²) in [5.41, 5.74) is 10.1. The van der Waals surface area contributed by atoms with Gasteiger partial charge in [-0.2, -0.15) is 5.10 Å². The number of allylic oxidation sites excluding steroid dienone is 3. The molecule has 0 spiro atoms. The maximum Gasteiger partial charge on any atom is 0.227 e. The Morgan fingerprint density at radius 1 is 1.54 bits per heavy atom. The number of hydrazone groups is 1. The number of thiazole rings is 2. The maximum absolute atomic E-state index is 13.5. The Kier molecular flexibility index (Phi) is 8.23. The van der Waals surface area contributed by atoms with Crippen LogP contribution < -0.4 is 16.5 Å². The van der Waals surface area contributed by atoms with Gasteiger partial charge in [-0.05, 0) is 0 Å². The molecule has 0 saturated heterocycles. The molecule has 1 amide bonds. The van der Waals surface area contributed by atoms with Gasteiger partial charge < -0.3 is 16.5 Å². The summed E-state index contributed by atoms with van der Waals surface area (Å²) in [7, 11) is 1.70. The van der Waals surface area contributed by atoms with E-state index in [2.05, 4.69) is 25.8 Å². The average Bonchev–Trinajstić information content (AvgIpc) is 3.29. The minimum Gasteiger partial charge on any atom is -0.402 e. The predicted octanol–water partition coefficient (Wildman–Crippen LogP) is 2.98. The lowest BCUT2D eigenvalue weighted by molar-refractivity contribution is -0.109. The van der Waals surface area contributed by atoms with Crippen molar-refractivity contribution in [1.82, 2.24) is 15.4 Å². The Bertz CT molecular complexity index is 935. The van der Waals surface area contributed by atoms with Crippen LogP contribution in [0.1, 0.15) is 15.6 Å². The Labute approximate surface area is 173 Å². The fourth-order valence-electron chi connectivity index (χ4n) is 2.08. The van der Waals surface area contributed by atoms with Crippen LogP contribution >= 0.6 is 34.3 Å². The normalized spacial score (nSPS) is 12.4. The van der Waals surface area contributed by atoms with E-state index in [1.807, 2.05) is 6.08 Å². The second kappa shape index (κ2) is 10.6. The first-order chi connectivity index (χ1) is 13.5. The van der Waals surface area contributed by atoms with Crippen molar-refractivity contribution in [2.45, 2.75) is 12.8 Å². The van der Waals surface area contributed by atoms with Crippen molar-refractivity contribution in [3.05, 3.63) is 43.5 Å². The van der Waals surface area contributed by atoms with Crippen LogP contribution in [-0.4, -0.2) is 35.4 Å². The number of halogens is 2. The van der Waals surface area contributed by atoms with E-state index in [1.54, 1.807) is 12.6 Å². The summed E-state index contributed by atoms with van der Waals surface area (Å²) in [6.07, 6.45) is 4.96. The van der Waals surface area contributed by atoms with Crippen molar-refractivity contribution in [2.24, 2.45) is 10.8 Å². The molecule has 0 atom stereocenters. The van der Waals surface area contributed by atoms with E-state index in [9.17, 15) is 9.18 Å². The van der Waals surface area contributed by atoms with Crippen molar-refractivity contribution in [1.29, 1.82) is 5.41 Å². The predicted molar refractivity (Wildman–Crippen MR) is 113 cm³/mol. The second-order valence-corrected chi connectivity index (χ2v) is 7.69. The summed E-state index contributed by atoms with van der Waals surface area (Å²) < 4.78 is 14.1. The molecule has 28 heavy (non-hydrogen) atoms. The monoisotopic (exact) mass is 441 g/mol. The van der Waals surface area contributed by atoms with Gasteiger partial charge in [-0.1, -0.05) is 17.7 Å². The molecule has 0 aliphatic carbocycles. The molecule has 2 rings (SSSR count). The Balaban J connectivity index is 2.36. The summed E-state index contributed by atoms with van der Waals surface area (Å²) in [5.74, 6) is -0.258. The number of rotatable bonds is 10. The van der Waals surface area contributed by atoms with Crippen LogP contribution in [0.5, 0.6) is 0 Å². The topological polar surface area (TPSA) is 129 Å². The van der Waals surface area contributed by atoms with Crippen molar-refractivity contribution in [3.8, 4) is 0 Å². The molecule has 0 unspecified atom stereocenters. The van der Waals surface area contributed by atoms with Gasteiger partial charge in [0.25, 0.3) is 0 Å². The van der Waals surface area contributed by atoms with Crippen LogP contribution in [-0.2, 0) is 17.6 Å². The molecule has 0 aliphatic heterocycles.